The lowest BCUT2D eigenvalue weighted by Gasteiger charge is -2.06. The summed E-state index contributed by atoms with van der Waals surface area (Å²) in [6.07, 6.45) is 3.55. The lowest BCUT2D eigenvalue weighted by Crippen LogP contribution is -2.24. The summed E-state index contributed by atoms with van der Waals surface area (Å²) in [5, 5.41) is 10.7. The van der Waals surface area contributed by atoms with E-state index in [1.807, 2.05) is 12.1 Å². The van der Waals surface area contributed by atoms with Crippen molar-refractivity contribution in [3.63, 3.8) is 0 Å². The van der Waals surface area contributed by atoms with Crippen LogP contribution in [0, 0.1) is 0 Å². The fourth-order valence-corrected chi connectivity index (χ4v) is 1.96. The van der Waals surface area contributed by atoms with E-state index in [1.54, 1.807) is 19.4 Å². The number of H-pyrrole nitrogens is 1. The maximum absolute atomic E-state index is 12.0. The van der Waals surface area contributed by atoms with Gasteiger partial charge >= 0.3 is 0 Å². The molecule has 21 heavy (non-hydrogen) atoms. The topological polar surface area (TPSA) is 76.2 Å². The van der Waals surface area contributed by atoms with Crippen LogP contribution in [0.4, 0.5) is 0 Å². The third-order valence-electron chi connectivity index (χ3n) is 3.14. The van der Waals surface area contributed by atoms with Crippen molar-refractivity contribution < 1.29 is 14.3 Å². The first-order chi connectivity index (χ1) is 10.3. The van der Waals surface area contributed by atoms with Gasteiger partial charge in [0, 0.05) is 31.2 Å². The number of hydrogen-bond acceptors (Lipinski definition) is 4. The van der Waals surface area contributed by atoms with Crippen LogP contribution in [0.3, 0.4) is 0 Å². The van der Waals surface area contributed by atoms with Crippen molar-refractivity contribution in [2.75, 3.05) is 33.5 Å². The van der Waals surface area contributed by atoms with Crippen molar-refractivity contribution in [2.45, 2.75) is 12.8 Å². The molecule has 0 fully saturated rings. The van der Waals surface area contributed by atoms with Crippen LogP contribution in [0.1, 0.15) is 23.2 Å². The van der Waals surface area contributed by atoms with E-state index >= 15 is 0 Å². The summed E-state index contributed by atoms with van der Waals surface area (Å²) in [7, 11) is 1.65. The molecular weight excluding hydrogens is 270 g/mol. The molecule has 0 radical (unpaired) electrons. The second-order valence-corrected chi connectivity index (χ2v) is 4.74. The van der Waals surface area contributed by atoms with E-state index in [9.17, 15) is 4.79 Å². The Kier molecular flexibility index (Phi) is 6.18. The first-order valence-electron chi connectivity index (χ1n) is 7.09. The van der Waals surface area contributed by atoms with Gasteiger partial charge in [-0.2, -0.15) is 5.10 Å². The molecule has 2 aromatic rings. The summed E-state index contributed by atoms with van der Waals surface area (Å²) in [5.41, 5.74) is 1.51. The second kappa shape index (κ2) is 8.39. The molecular formula is C15H21N3O3. The number of benzene rings is 1. The molecule has 0 saturated heterocycles. The van der Waals surface area contributed by atoms with Crippen molar-refractivity contribution in [3.8, 4) is 0 Å². The zero-order valence-corrected chi connectivity index (χ0v) is 12.2. The number of rotatable bonds is 9. The highest BCUT2D eigenvalue weighted by Gasteiger charge is 2.06. The Morgan fingerprint density at radius 1 is 1.29 bits per heavy atom. The summed E-state index contributed by atoms with van der Waals surface area (Å²) < 4.78 is 10.2. The van der Waals surface area contributed by atoms with Gasteiger partial charge in [-0.3, -0.25) is 9.89 Å². The Labute approximate surface area is 123 Å². The minimum absolute atomic E-state index is 0.0631. The van der Waals surface area contributed by atoms with Gasteiger partial charge in [0.2, 0.25) is 0 Å². The standard InChI is InChI=1S/C15H21N3O3/c1-20-8-9-21-7-3-2-6-16-15(19)12-4-5-13-11-17-18-14(13)10-12/h4-5,10-11H,2-3,6-9H2,1H3,(H,16,19)(H,17,18). The molecule has 0 unspecified atom stereocenters. The van der Waals surface area contributed by atoms with Crippen LogP contribution in [-0.4, -0.2) is 49.6 Å². The first-order valence-corrected chi connectivity index (χ1v) is 7.09. The molecule has 1 amide bonds. The van der Waals surface area contributed by atoms with Gasteiger partial charge in [0.1, 0.15) is 0 Å². The number of nitrogens with zero attached hydrogens (tertiary/aromatic N) is 1. The molecule has 1 aromatic heterocycles. The zero-order valence-electron chi connectivity index (χ0n) is 12.2. The monoisotopic (exact) mass is 291 g/mol. The van der Waals surface area contributed by atoms with E-state index in [2.05, 4.69) is 15.5 Å². The molecule has 0 spiro atoms. The average Bonchev–Trinajstić information content (AvgIpc) is 2.97. The molecule has 6 nitrogen and oxygen atoms in total. The smallest absolute Gasteiger partial charge is 0.251 e. The number of carbonyl (C=O) groups excluding carboxylic acids is 1. The average molecular weight is 291 g/mol. The molecule has 0 bridgehead atoms. The van der Waals surface area contributed by atoms with E-state index in [1.165, 1.54) is 0 Å². The van der Waals surface area contributed by atoms with E-state index in [0.717, 1.165) is 23.7 Å². The molecule has 0 aliphatic carbocycles. The van der Waals surface area contributed by atoms with Gasteiger partial charge in [-0.05, 0) is 25.0 Å². The minimum Gasteiger partial charge on any atom is -0.382 e. The van der Waals surface area contributed by atoms with Crippen LogP contribution in [0.5, 0.6) is 0 Å². The number of ether oxygens (including phenoxy) is 2. The van der Waals surface area contributed by atoms with Crippen molar-refractivity contribution in [2.24, 2.45) is 0 Å². The van der Waals surface area contributed by atoms with Gasteiger partial charge in [0.15, 0.2) is 0 Å². The van der Waals surface area contributed by atoms with Crippen LogP contribution in [0.2, 0.25) is 0 Å². The van der Waals surface area contributed by atoms with E-state index in [4.69, 9.17) is 9.47 Å². The molecule has 0 aliphatic heterocycles. The van der Waals surface area contributed by atoms with Crippen LogP contribution in [0.15, 0.2) is 24.4 Å². The number of carbonyl (C=O) groups is 1. The highest BCUT2D eigenvalue weighted by molar-refractivity contribution is 5.97. The quantitative estimate of drug-likeness (QED) is 0.690. The number of hydrogen-bond donors (Lipinski definition) is 2. The first kappa shape index (κ1) is 15.5. The lowest BCUT2D eigenvalue weighted by atomic mass is 10.1. The van der Waals surface area contributed by atoms with Gasteiger partial charge in [-0.25, -0.2) is 0 Å². The van der Waals surface area contributed by atoms with Gasteiger partial charge in [-0.1, -0.05) is 6.07 Å². The summed E-state index contributed by atoms with van der Waals surface area (Å²) in [5.74, 6) is -0.0631. The largest absolute Gasteiger partial charge is 0.382 e. The third kappa shape index (κ3) is 4.84. The molecule has 0 saturated carbocycles. The van der Waals surface area contributed by atoms with Gasteiger partial charge < -0.3 is 14.8 Å². The van der Waals surface area contributed by atoms with Crippen molar-refractivity contribution in [1.29, 1.82) is 0 Å². The maximum atomic E-state index is 12.0. The predicted molar refractivity (Wildman–Crippen MR) is 80.4 cm³/mol. The van der Waals surface area contributed by atoms with Crippen molar-refractivity contribution in [3.05, 3.63) is 30.0 Å². The molecule has 2 rings (SSSR count). The number of nitrogens with one attached hydrogen (secondary N) is 2. The highest BCUT2D eigenvalue weighted by atomic mass is 16.5. The van der Waals surface area contributed by atoms with Crippen LogP contribution in [-0.2, 0) is 9.47 Å². The van der Waals surface area contributed by atoms with E-state index < -0.39 is 0 Å². The highest BCUT2D eigenvalue weighted by Crippen LogP contribution is 2.12. The van der Waals surface area contributed by atoms with Gasteiger partial charge in [0.25, 0.3) is 5.91 Å². The number of unbranched alkanes of at least 4 members (excludes halogenated alkanes) is 1. The Morgan fingerprint density at radius 3 is 3.05 bits per heavy atom. The Balaban J connectivity index is 1.65. The third-order valence-corrected chi connectivity index (χ3v) is 3.14. The van der Waals surface area contributed by atoms with Crippen molar-refractivity contribution >= 4 is 16.8 Å². The molecule has 0 aliphatic rings. The summed E-state index contributed by atoms with van der Waals surface area (Å²) >= 11 is 0. The van der Waals surface area contributed by atoms with E-state index in [0.29, 0.717) is 31.9 Å². The Hall–Kier alpha value is -1.92. The molecule has 1 heterocycles. The van der Waals surface area contributed by atoms with Crippen molar-refractivity contribution in [1.82, 2.24) is 15.5 Å². The molecule has 6 heteroatoms. The van der Waals surface area contributed by atoms with E-state index in [-0.39, 0.29) is 5.91 Å². The summed E-state index contributed by atoms with van der Waals surface area (Å²) in [6, 6.07) is 5.50. The van der Waals surface area contributed by atoms with Crippen LogP contribution in [0.25, 0.3) is 10.9 Å². The maximum Gasteiger partial charge on any atom is 0.251 e. The minimum atomic E-state index is -0.0631. The zero-order chi connectivity index (χ0) is 14.9. The number of fused-ring (bicyclic) bond motifs is 1. The van der Waals surface area contributed by atoms with Gasteiger partial charge in [0.05, 0.1) is 24.9 Å². The molecule has 114 valence electrons. The normalized spacial score (nSPS) is 10.9. The second-order valence-electron chi connectivity index (χ2n) is 4.74. The predicted octanol–water partition coefficient (Wildman–Crippen LogP) is 1.74. The molecule has 1 aromatic carbocycles. The number of methoxy groups -OCH3 is 1. The summed E-state index contributed by atoms with van der Waals surface area (Å²) in [6.45, 7) is 2.58. The lowest BCUT2D eigenvalue weighted by molar-refractivity contribution is 0.0686. The van der Waals surface area contributed by atoms with Crippen LogP contribution < -0.4 is 5.32 Å². The Bertz CT molecular complexity index is 568. The van der Waals surface area contributed by atoms with Crippen LogP contribution >= 0.6 is 0 Å². The fourth-order valence-electron chi connectivity index (χ4n) is 1.96. The summed E-state index contributed by atoms with van der Waals surface area (Å²) in [4.78, 5) is 12.0. The Morgan fingerprint density at radius 2 is 2.19 bits per heavy atom. The number of aromatic amines is 1. The van der Waals surface area contributed by atoms with Gasteiger partial charge in [-0.15, -0.1) is 0 Å². The number of aromatic nitrogens is 2. The molecule has 2 N–H and O–H groups in total. The SMILES string of the molecule is COCCOCCCCNC(=O)c1ccc2cn[nH]c2c1. The number of amides is 1. The fraction of sp³-hybridized carbons (Fsp3) is 0.467. The molecule has 0 atom stereocenters.